The molecule has 0 spiro atoms. The Kier molecular flexibility index (Phi) is 8.52. The van der Waals surface area contributed by atoms with Crippen molar-refractivity contribution < 1.29 is 24.3 Å². The van der Waals surface area contributed by atoms with Crippen LogP contribution >= 0.6 is 0 Å². The Labute approximate surface area is 225 Å². The summed E-state index contributed by atoms with van der Waals surface area (Å²) in [5.41, 5.74) is 2.41. The number of benzene rings is 1. The minimum Gasteiger partial charge on any atom is -0.387 e. The molecule has 0 unspecified atom stereocenters. The van der Waals surface area contributed by atoms with Crippen LogP contribution in [0.2, 0.25) is 0 Å². The van der Waals surface area contributed by atoms with Crippen molar-refractivity contribution in [3.63, 3.8) is 0 Å². The largest absolute Gasteiger partial charge is 0.387 e. The summed E-state index contributed by atoms with van der Waals surface area (Å²) in [5, 5.41) is 21.2. The number of hydrogen-bond acceptors (Lipinski definition) is 8. The molecule has 1 atom stereocenters. The molecule has 0 aliphatic carbocycles. The third kappa shape index (κ3) is 6.56. The van der Waals surface area contributed by atoms with E-state index in [1.165, 1.54) is 16.8 Å². The Morgan fingerprint density at radius 3 is 2.51 bits per heavy atom. The van der Waals surface area contributed by atoms with Crippen molar-refractivity contribution in [1.82, 2.24) is 35.0 Å². The standard InChI is InChI=1S/C26H32N8O5/c1-16-4-5-18(12-19(16)31-23(36)15-35)14-27-24(37)20-13-21(34-22(30-20)6-7-28-34)25(38)29-17(2)26(39)33-10-8-32(3)9-11-33/h4-7,12-13,17,35H,8-11,14-15H2,1-3H3,(H,27,37)(H,29,38)(H,31,36)/t17-/m0/s1. The highest BCUT2D eigenvalue weighted by atomic mass is 16.3. The smallest absolute Gasteiger partial charge is 0.270 e. The molecule has 4 N–H and O–H groups in total. The predicted octanol–water partition coefficient (Wildman–Crippen LogP) is -0.209. The molecule has 1 fully saturated rings. The topological polar surface area (TPSA) is 161 Å². The Balaban J connectivity index is 1.46. The second-order valence-corrected chi connectivity index (χ2v) is 9.49. The first kappa shape index (κ1) is 27.7. The van der Waals surface area contributed by atoms with Gasteiger partial charge in [-0.1, -0.05) is 12.1 Å². The number of hydrogen-bond donors (Lipinski definition) is 4. The first-order chi connectivity index (χ1) is 18.7. The Hall–Kier alpha value is -4.36. The molecule has 3 heterocycles. The number of carbonyl (C=O) groups excluding carboxylic acids is 4. The number of nitrogens with zero attached hydrogens (tertiary/aromatic N) is 5. The van der Waals surface area contributed by atoms with E-state index in [1.807, 2.05) is 14.0 Å². The zero-order valence-electron chi connectivity index (χ0n) is 22.1. The number of nitrogens with one attached hydrogen (secondary N) is 3. The summed E-state index contributed by atoms with van der Waals surface area (Å²) in [6, 6.07) is 7.43. The molecule has 2 aromatic heterocycles. The maximum atomic E-state index is 13.2. The number of carbonyl (C=O) groups is 4. The van der Waals surface area contributed by atoms with E-state index < -0.39 is 30.4 Å². The number of aliphatic hydroxyl groups excluding tert-OH is 1. The molecule has 206 valence electrons. The van der Waals surface area contributed by atoms with Crippen LogP contribution in [0.1, 0.15) is 39.0 Å². The van der Waals surface area contributed by atoms with Gasteiger partial charge in [0.2, 0.25) is 11.8 Å². The van der Waals surface area contributed by atoms with Crippen LogP contribution in [0.25, 0.3) is 5.65 Å². The lowest BCUT2D eigenvalue weighted by Crippen LogP contribution is -2.53. The minimum absolute atomic E-state index is 0.00659. The number of aromatic nitrogens is 3. The number of aliphatic hydroxyl groups is 1. The average Bonchev–Trinajstić information content (AvgIpc) is 3.41. The van der Waals surface area contributed by atoms with E-state index in [0.717, 1.165) is 18.7 Å². The molecule has 13 nitrogen and oxygen atoms in total. The van der Waals surface area contributed by atoms with E-state index in [-0.39, 0.29) is 23.8 Å². The van der Waals surface area contributed by atoms with Crippen LogP contribution in [0.3, 0.4) is 0 Å². The van der Waals surface area contributed by atoms with Gasteiger partial charge in [0.05, 0.1) is 6.20 Å². The van der Waals surface area contributed by atoms with Gasteiger partial charge < -0.3 is 30.9 Å². The Morgan fingerprint density at radius 2 is 1.79 bits per heavy atom. The Morgan fingerprint density at radius 1 is 1.05 bits per heavy atom. The lowest BCUT2D eigenvalue weighted by atomic mass is 10.1. The number of aryl methyl sites for hydroxylation is 1. The van der Waals surface area contributed by atoms with Crippen LogP contribution in [0.4, 0.5) is 5.69 Å². The van der Waals surface area contributed by atoms with Gasteiger partial charge in [-0.3, -0.25) is 19.2 Å². The molecule has 13 heteroatoms. The number of piperazine rings is 1. The van der Waals surface area contributed by atoms with Crippen LogP contribution < -0.4 is 16.0 Å². The van der Waals surface area contributed by atoms with Crippen molar-refractivity contribution in [2.45, 2.75) is 26.4 Å². The van der Waals surface area contributed by atoms with Crippen molar-refractivity contribution in [2.75, 3.05) is 45.2 Å². The quantitative estimate of drug-likeness (QED) is 0.308. The van der Waals surface area contributed by atoms with E-state index in [9.17, 15) is 19.2 Å². The fraction of sp³-hybridized carbons (Fsp3) is 0.385. The highest BCUT2D eigenvalue weighted by Gasteiger charge is 2.26. The van der Waals surface area contributed by atoms with Gasteiger partial charge in [0.25, 0.3) is 11.8 Å². The van der Waals surface area contributed by atoms with Crippen molar-refractivity contribution in [1.29, 1.82) is 0 Å². The normalized spacial score (nSPS) is 14.6. The number of fused-ring (bicyclic) bond motifs is 1. The highest BCUT2D eigenvalue weighted by molar-refractivity contribution is 6.00. The molecule has 1 aliphatic rings. The van der Waals surface area contributed by atoms with E-state index in [4.69, 9.17) is 5.11 Å². The van der Waals surface area contributed by atoms with Gasteiger partial charge in [0.1, 0.15) is 24.0 Å². The van der Waals surface area contributed by atoms with Crippen molar-refractivity contribution in [2.24, 2.45) is 0 Å². The second-order valence-electron chi connectivity index (χ2n) is 9.49. The lowest BCUT2D eigenvalue weighted by Gasteiger charge is -2.34. The zero-order chi connectivity index (χ0) is 28.1. The van der Waals surface area contributed by atoms with Gasteiger partial charge in [0.15, 0.2) is 5.65 Å². The van der Waals surface area contributed by atoms with Crippen molar-refractivity contribution in [3.8, 4) is 0 Å². The first-order valence-corrected chi connectivity index (χ1v) is 12.6. The van der Waals surface area contributed by atoms with Gasteiger partial charge in [0, 0.05) is 50.5 Å². The molecule has 39 heavy (non-hydrogen) atoms. The maximum absolute atomic E-state index is 13.2. The average molecular weight is 537 g/mol. The third-order valence-electron chi connectivity index (χ3n) is 6.53. The van der Waals surface area contributed by atoms with Crippen molar-refractivity contribution in [3.05, 3.63) is 59.0 Å². The van der Waals surface area contributed by atoms with Crippen molar-refractivity contribution >= 4 is 35.0 Å². The summed E-state index contributed by atoms with van der Waals surface area (Å²) < 4.78 is 1.31. The molecule has 4 amide bonds. The van der Waals surface area contributed by atoms with Crippen LogP contribution in [0.5, 0.6) is 0 Å². The second kappa shape index (κ2) is 12.0. The number of anilines is 1. The van der Waals surface area contributed by atoms with Crippen LogP contribution in [-0.4, -0.2) is 99.0 Å². The summed E-state index contributed by atoms with van der Waals surface area (Å²) in [6.07, 6.45) is 1.47. The summed E-state index contributed by atoms with van der Waals surface area (Å²) in [6.45, 7) is 5.66. The van der Waals surface area contributed by atoms with Gasteiger partial charge in [-0.15, -0.1) is 0 Å². The van der Waals surface area contributed by atoms with Crippen LogP contribution in [0.15, 0.2) is 36.5 Å². The molecule has 1 saturated heterocycles. The minimum atomic E-state index is -0.765. The lowest BCUT2D eigenvalue weighted by molar-refractivity contribution is -0.134. The number of rotatable bonds is 8. The van der Waals surface area contributed by atoms with Gasteiger partial charge in [-0.25, -0.2) is 9.50 Å². The van der Waals surface area contributed by atoms with Crippen LogP contribution in [-0.2, 0) is 16.1 Å². The Bertz CT molecular complexity index is 1400. The van der Waals surface area contributed by atoms with Gasteiger partial charge in [-0.2, -0.15) is 5.10 Å². The fourth-order valence-corrected chi connectivity index (χ4v) is 4.20. The molecular weight excluding hydrogens is 504 g/mol. The van der Waals surface area contributed by atoms with Gasteiger partial charge in [-0.05, 0) is 38.1 Å². The molecule has 0 radical (unpaired) electrons. The summed E-state index contributed by atoms with van der Waals surface area (Å²) >= 11 is 0. The molecule has 4 rings (SSSR count). The molecule has 1 aliphatic heterocycles. The third-order valence-corrected chi connectivity index (χ3v) is 6.53. The first-order valence-electron chi connectivity index (χ1n) is 12.6. The monoisotopic (exact) mass is 536 g/mol. The SMILES string of the molecule is Cc1ccc(CNC(=O)c2cc(C(=O)N[C@@H](C)C(=O)N3CCN(C)CC3)n3nccc3n2)cc1NC(=O)CO. The molecule has 0 saturated carbocycles. The fourth-order valence-electron chi connectivity index (χ4n) is 4.20. The summed E-state index contributed by atoms with van der Waals surface area (Å²) in [4.78, 5) is 58.8. The van der Waals surface area contributed by atoms with Crippen LogP contribution in [0, 0.1) is 6.92 Å². The molecule has 3 aromatic rings. The predicted molar refractivity (Wildman–Crippen MR) is 142 cm³/mol. The molecular formula is C26H32N8O5. The summed E-state index contributed by atoms with van der Waals surface area (Å²) in [5.74, 6) is -1.79. The maximum Gasteiger partial charge on any atom is 0.270 e. The van der Waals surface area contributed by atoms with E-state index in [2.05, 4.69) is 30.9 Å². The summed E-state index contributed by atoms with van der Waals surface area (Å²) in [7, 11) is 2.00. The molecule has 1 aromatic carbocycles. The molecule has 0 bridgehead atoms. The number of likely N-dealkylation sites (N-methyl/N-ethyl adjacent to an activating group) is 1. The van der Waals surface area contributed by atoms with E-state index >= 15 is 0 Å². The van der Waals surface area contributed by atoms with E-state index in [0.29, 0.717) is 30.0 Å². The van der Waals surface area contributed by atoms with Gasteiger partial charge >= 0.3 is 0 Å². The van der Waals surface area contributed by atoms with E-state index in [1.54, 1.807) is 36.1 Å². The zero-order valence-corrected chi connectivity index (χ0v) is 22.1. The highest BCUT2D eigenvalue weighted by Crippen LogP contribution is 2.17. The number of amides is 4.